The summed E-state index contributed by atoms with van der Waals surface area (Å²) in [6, 6.07) is 5.03. The predicted octanol–water partition coefficient (Wildman–Crippen LogP) is 1.84. The van der Waals surface area contributed by atoms with Gasteiger partial charge in [0.15, 0.2) is 0 Å². The summed E-state index contributed by atoms with van der Waals surface area (Å²) in [5.74, 6) is 0.353. The van der Waals surface area contributed by atoms with Gasteiger partial charge in [0.05, 0.1) is 4.99 Å². The van der Waals surface area contributed by atoms with E-state index in [0.717, 1.165) is 18.4 Å². The van der Waals surface area contributed by atoms with Crippen molar-refractivity contribution in [2.45, 2.75) is 19.8 Å². The van der Waals surface area contributed by atoms with Crippen LogP contribution in [0.2, 0.25) is 0 Å². The Morgan fingerprint density at radius 2 is 2.05 bits per heavy atom. The van der Waals surface area contributed by atoms with Crippen LogP contribution in [0.15, 0.2) is 18.2 Å². The maximum Gasteiger partial charge on any atom is 0.253 e. The number of thiocarbonyl (C=S) groups is 1. The van der Waals surface area contributed by atoms with E-state index in [1.54, 1.807) is 24.0 Å². The molecule has 19 heavy (non-hydrogen) atoms. The minimum Gasteiger partial charge on any atom is -0.508 e. The first-order chi connectivity index (χ1) is 8.99. The Bertz CT molecular complexity index is 508. The first-order valence-corrected chi connectivity index (χ1v) is 6.78. The van der Waals surface area contributed by atoms with Crippen LogP contribution in [-0.2, 0) is 0 Å². The molecular weight excluding hydrogens is 260 g/mol. The molecule has 0 spiro atoms. The zero-order valence-electron chi connectivity index (χ0n) is 10.9. The van der Waals surface area contributed by atoms with Crippen molar-refractivity contribution in [1.82, 2.24) is 4.90 Å². The van der Waals surface area contributed by atoms with E-state index >= 15 is 0 Å². The summed E-state index contributed by atoms with van der Waals surface area (Å²) in [6.07, 6.45) is 1.64. The van der Waals surface area contributed by atoms with Gasteiger partial charge in [0.2, 0.25) is 0 Å². The van der Waals surface area contributed by atoms with Crippen LogP contribution >= 0.6 is 12.2 Å². The molecule has 0 radical (unpaired) electrons. The minimum absolute atomic E-state index is 0.0447. The zero-order chi connectivity index (χ0) is 14.0. The Kier molecular flexibility index (Phi) is 4.04. The highest BCUT2D eigenvalue weighted by Crippen LogP contribution is 2.22. The third kappa shape index (κ3) is 3.04. The lowest BCUT2D eigenvalue weighted by Crippen LogP contribution is -2.41. The summed E-state index contributed by atoms with van der Waals surface area (Å²) < 4.78 is 0. The topological polar surface area (TPSA) is 66.6 Å². The van der Waals surface area contributed by atoms with Crippen molar-refractivity contribution in [2.24, 2.45) is 11.7 Å². The van der Waals surface area contributed by atoms with Gasteiger partial charge >= 0.3 is 0 Å². The molecule has 2 rings (SSSR count). The van der Waals surface area contributed by atoms with E-state index in [2.05, 4.69) is 0 Å². The Balaban J connectivity index is 2.05. The van der Waals surface area contributed by atoms with Gasteiger partial charge in [-0.3, -0.25) is 4.79 Å². The lowest BCUT2D eigenvalue weighted by molar-refractivity contribution is 0.0710. The quantitative estimate of drug-likeness (QED) is 0.810. The molecule has 5 heteroatoms. The largest absolute Gasteiger partial charge is 0.508 e. The van der Waals surface area contributed by atoms with Crippen molar-refractivity contribution in [3.8, 4) is 5.75 Å². The van der Waals surface area contributed by atoms with Gasteiger partial charge in [-0.25, -0.2) is 0 Å². The molecule has 102 valence electrons. The van der Waals surface area contributed by atoms with E-state index in [9.17, 15) is 9.90 Å². The summed E-state index contributed by atoms with van der Waals surface area (Å²) in [5.41, 5.74) is 6.92. The number of rotatable bonds is 2. The number of amides is 1. The third-order valence-electron chi connectivity index (χ3n) is 3.64. The number of aryl methyl sites for hydroxylation is 1. The van der Waals surface area contributed by atoms with E-state index in [1.807, 2.05) is 0 Å². The number of benzene rings is 1. The van der Waals surface area contributed by atoms with Crippen LogP contribution in [0, 0.1) is 12.8 Å². The Labute approximate surface area is 118 Å². The molecule has 1 aromatic rings. The number of hydrogen-bond acceptors (Lipinski definition) is 3. The van der Waals surface area contributed by atoms with E-state index in [4.69, 9.17) is 18.0 Å². The van der Waals surface area contributed by atoms with Crippen molar-refractivity contribution >= 4 is 23.1 Å². The van der Waals surface area contributed by atoms with Gasteiger partial charge in [-0.15, -0.1) is 0 Å². The number of likely N-dealkylation sites (tertiary alicyclic amines) is 1. The summed E-state index contributed by atoms with van der Waals surface area (Å²) in [7, 11) is 0. The van der Waals surface area contributed by atoms with Gasteiger partial charge in [0.1, 0.15) is 5.75 Å². The highest BCUT2D eigenvalue weighted by molar-refractivity contribution is 7.80. The fourth-order valence-electron chi connectivity index (χ4n) is 2.29. The van der Waals surface area contributed by atoms with E-state index in [0.29, 0.717) is 23.6 Å². The van der Waals surface area contributed by atoms with Crippen molar-refractivity contribution < 1.29 is 9.90 Å². The molecule has 1 fully saturated rings. The SMILES string of the molecule is Cc1ccc(C(=O)N2CCC(C(N)=S)CC2)cc1O. The number of phenolic OH excluding ortho intramolecular Hbond substituents is 1. The number of hydrogen-bond donors (Lipinski definition) is 2. The van der Waals surface area contributed by atoms with Gasteiger partial charge < -0.3 is 15.7 Å². The lowest BCUT2D eigenvalue weighted by atomic mass is 9.96. The maximum atomic E-state index is 12.3. The number of nitrogens with two attached hydrogens (primary N) is 1. The van der Waals surface area contributed by atoms with Crippen molar-refractivity contribution in [3.05, 3.63) is 29.3 Å². The summed E-state index contributed by atoms with van der Waals surface area (Å²) in [4.78, 5) is 14.6. The number of aromatic hydroxyl groups is 1. The van der Waals surface area contributed by atoms with Crippen LogP contribution in [-0.4, -0.2) is 34.0 Å². The number of carbonyl (C=O) groups is 1. The van der Waals surface area contributed by atoms with Gasteiger partial charge in [0.25, 0.3) is 5.91 Å². The number of nitrogens with zero attached hydrogens (tertiary/aromatic N) is 1. The molecule has 3 N–H and O–H groups in total. The van der Waals surface area contributed by atoms with Gasteiger partial charge in [-0.2, -0.15) is 0 Å². The van der Waals surface area contributed by atoms with Crippen LogP contribution < -0.4 is 5.73 Å². The molecule has 0 aliphatic carbocycles. The van der Waals surface area contributed by atoms with Gasteiger partial charge in [-0.1, -0.05) is 18.3 Å². The van der Waals surface area contributed by atoms with Crippen LogP contribution in [0.5, 0.6) is 5.75 Å². The number of phenols is 1. The average Bonchev–Trinajstić information content (AvgIpc) is 2.41. The molecule has 0 aromatic heterocycles. The molecule has 1 heterocycles. The van der Waals surface area contributed by atoms with Crippen LogP contribution in [0.25, 0.3) is 0 Å². The first-order valence-electron chi connectivity index (χ1n) is 6.37. The molecule has 0 saturated carbocycles. The molecule has 0 unspecified atom stereocenters. The Morgan fingerprint density at radius 1 is 1.42 bits per heavy atom. The molecule has 4 nitrogen and oxygen atoms in total. The van der Waals surface area contributed by atoms with Gasteiger partial charge in [-0.05, 0) is 37.5 Å². The maximum absolute atomic E-state index is 12.3. The van der Waals surface area contributed by atoms with Crippen LogP contribution in [0.3, 0.4) is 0 Å². The minimum atomic E-state index is -0.0447. The van der Waals surface area contributed by atoms with Crippen molar-refractivity contribution in [1.29, 1.82) is 0 Å². The second-order valence-electron chi connectivity index (χ2n) is 4.97. The van der Waals surface area contributed by atoms with Crippen molar-refractivity contribution in [3.63, 3.8) is 0 Å². The van der Waals surface area contributed by atoms with E-state index < -0.39 is 0 Å². The highest BCUT2D eigenvalue weighted by Gasteiger charge is 2.25. The normalized spacial score (nSPS) is 16.4. The van der Waals surface area contributed by atoms with Crippen LogP contribution in [0.4, 0.5) is 0 Å². The molecule has 0 bridgehead atoms. The molecule has 1 amide bonds. The van der Waals surface area contributed by atoms with E-state index in [1.165, 1.54) is 6.07 Å². The summed E-state index contributed by atoms with van der Waals surface area (Å²) >= 11 is 4.99. The predicted molar refractivity (Wildman–Crippen MR) is 78.3 cm³/mol. The van der Waals surface area contributed by atoms with E-state index in [-0.39, 0.29) is 17.6 Å². The zero-order valence-corrected chi connectivity index (χ0v) is 11.7. The molecular formula is C14H18N2O2S. The molecule has 1 aliphatic heterocycles. The molecule has 1 aromatic carbocycles. The third-order valence-corrected chi connectivity index (χ3v) is 3.97. The van der Waals surface area contributed by atoms with Crippen molar-refractivity contribution in [2.75, 3.05) is 13.1 Å². The second-order valence-corrected chi connectivity index (χ2v) is 5.44. The lowest BCUT2D eigenvalue weighted by Gasteiger charge is -2.31. The van der Waals surface area contributed by atoms with Crippen LogP contribution in [0.1, 0.15) is 28.8 Å². The Hall–Kier alpha value is -1.62. The summed E-state index contributed by atoms with van der Waals surface area (Å²) in [6.45, 7) is 3.13. The monoisotopic (exact) mass is 278 g/mol. The fraction of sp³-hybridized carbons (Fsp3) is 0.429. The average molecular weight is 278 g/mol. The second kappa shape index (κ2) is 5.57. The smallest absolute Gasteiger partial charge is 0.253 e. The standard InChI is InChI=1S/C14H18N2O2S/c1-9-2-3-11(8-12(9)17)14(18)16-6-4-10(5-7-16)13(15)19/h2-3,8,10,17H,4-7H2,1H3,(H2,15,19). The van der Waals surface area contributed by atoms with Gasteiger partial charge in [0, 0.05) is 24.6 Å². The summed E-state index contributed by atoms with van der Waals surface area (Å²) in [5, 5.41) is 9.66. The number of piperidine rings is 1. The Morgan fingerprint density at radius 3 is 2.58 bits per heavy atom. The molecule has 1 aliphatic rings. The molecule has 1 saturated heterocycles. The fourth-order valence-corrected chi connectivity index (χ4v) is 2.53. The highest BCUT2D eigenvalue weighted by atomic mass is 32.1. The number of carbonyl (C=O) groups excluding carboxylic acids is 1. The molecule has 0 atom stereocenters. The first kappa shape index (κ1) is 13.8.